The third-order valence-corrected chi connectivity index (χ3v) is 2.91. The highest BCUT2D eigenvalue weighted by Crippen LogP contribution is 2.21. The lowest BCUT2D eigenvalue weighted by Gasteiger charge is -2.28. The lowest BCUT2D eigenvalue weighted by molar-refractivity contribution is 0.556. The van der Waals surface area contributed by atoms with Gasteiger partial charge >= 0.3 is 0 Å². The van der Waals surface area contributed by atoms with Crippen LogP contribution in [0.2, 0.25) is 0 Å². The summed E-state index contributed by atoms with van der Waals surface area (Å²) in [6.07, 6.45) is 1.75. The number of nitrogen functional groups attached to an aromatic ring is 2. The molecule has 0 radical (unpaired) electrons. The van der Waals surface area contributed by atoms with E-state index in [4.69, 9.17) is 11.5 Å². The van der Waals surface area contributed by atoms with Crippen LogP contribution in [0.1, 0.15) is 5.82 Å². The molecule has 0 unspecified atom stereocenters. The first-order valence-electron chi connectivity index (χ1n) is 5.37. The molecule has 0 bridgehead atoms. The Hall–Kier alpha value is -2.31. The van der Waals surface area contributed by atoms with Crippen molar-refractivity contribution >= 4 is 17.3 Å². The highest BCUT2D eigenvalue weighted by molar-refractivity contribution is 5.62. The maximum atomic E-state index is 5.71. The minimum atomic E-state index is 0.370. The van der Waals surface area contributed by atoms with E-state index in [0.29, 0.717) is 18.1 Å². The monoisotopic (exact) mass is 231 g/mol. The molecular weight excluding hydrogens is 218 g/mol. The van der Waals surface area contributed by atoms with E-state index >= 15 is 0 Å². The van der Waals surface area contributed by atoms with E-state index in [1.165, 1.54) is 0 Å². The zero-order chi connectivity index (χ0) is 11.8. The van der Waals surface area contributed by atoms with Crippen molar-refractivity contribution in [1.29, 1.82) is 0 Å². The van der Waals surface area contributed by atoms with Gasteiger partial charge in [0.1, 0.15) is 18.0 Å². The second kappa shape index (κ2) is 3.62. The second-order valence-electron chi connectivity index (χ2n) is 4.01. The van der Waals surface area contributed by atoms with E-state index in [-0.39, 0.29) is 0 Å². The normalized spacial score (nSPS) is 14.7. The smallest absolute Gasteiger partial charge is 0.152 e. The number of pyridine rings is 1. The van der Waals surface area contributed by atoms with Crippen LogP contribution in [-0.4, -0.2) is 26.3 Å². The first kappa shape index (κ1) is 9.88. The van der Waals surface area contributed by atoms with E-state index < -0.39 is 0 Å². The zero-order valence-corrected chi connectivity index (χ0v) is 9.24. The Balaban J connectivity index is 1.89. The van der Waals surface area contributed by atoms with E-state index in [2.05, 4.69) is 20.1 Å². The molecule has 2 aromatic rings. The van der Waals surface area contributed by atoms with Gasteiger partial charge in [-0.1, -0.05) is 0 Å². The Kier molecular flexibility index (Phi) is 2.10. The molecule has 0 aliphatic carbocycles. The number of aromatic nitrogens is 4. The largest absolute Gasteiger partial charge is 0.396 e. The van der Waals surface area contributed by atoms with Gasteiger partial charge in [0.15, 0.2) is 5.82 Å². The van der Waals surface area contributed by atoms with Crippen LogP contribution in [0.3, 0.4) is 0 Å². The number of hydrogen-bond donors (Lipinski definition) is 2. The molecule has 0 amide bonds. The van der Waals surface area contributed by atoms with Crippen LogP contribution in [0, 0.1) is 0 Å². The lowest BCUT2D eigenvalue weighted by atomic mass is 10.3. The zero-order valence-electron chi connectivity index (χ0n) is 9.24. The van der Waals surface area contributed by atoms with Crippen molar-refractivity contribution in [2.45, 2.75) is 13.1 Å². The van der Waals surface area contributed by atoms with Gasteiger partial charge in [-0.3, -0.25) is 0 Å². The summed E-state index contributed by atoms with van der Waals surface area (Å²) in [6.45, 7) is 2.41. The van der Waals surface area contributed by atoms with Crippen LogP contribution in [0.5, 0.6) is 0 Å². The third-order valence-electron chi connectivity index (χ3n) is 2.91. The standard InChI is InChI=1S/C10H13N7/c11-7-1-2-8(14-10(7)12)16-3-4-17-6-13-15-9(17)5-16/h1-2,6H,3-5,11H2,(H2,12,14). The highest BCUT2D eigenvalue weighted by Gasteiger charge is 2.18. The van der Waals surface area contributed by atoms with Crippen LogP contribution in [0.4, 0.5) is 17.3 Å². The molecule has 7 nitrogen and oxygen atoms in total. The average molecular weight is 231 g/mol. The number of nitrogens with two attached hydrogens (primary N) is 2. The molecule has 17 heavy (non-hydrogen) atoms. The van der Waals surface area contributed by atoms with Gasteiger partial charge < -0.3 is 20.9 Å². The Morgan fingerprint density at radius 1 is 1.18 bits per heavy atom. The summed E-state index contributed by atoms with van der Waals surface area (Å²) in [7, 11) is 0. The fourth-order valence-electron chi connectivity index (χ4n) is 1.91. The summed E-state index contributed by atoms with van der Waals surface area (Å²) >= 11 is 0. The summed E-state index contributed by atoms with van der Waals surface area (Å²) in [5.74, 6) is 2.13. The van der Waals surface area contributed by atoms with Gasteiger partial charge in [0, 0.05) is 13.1 Å². The van der Waals surface area contributed by atoms with Crippen molar-refractivity contribution in [3.8, 4) is 0 Å². The first-order chi connectivity index (χ1) is 8.24. The van der Waals surface area contributed by atoms with Gasteiger partial charge in [0.2, 0.25) is 0 Å². The molecule has 0 atom stereocenters. The van der Waals surface area contributed by atoms with Crippen molar-refractivity contribution in [1.82, 2.24) is 19.7 Å². The Bertz CT molecular complexity index is 547. The molecule has 0 spiro atoms. The number of fused-ring (bicyclic) bond motifs is 1. The second-order valence-corrected chi connectivity index (χ2v) is 4.01. The van der Waals surface area contributed by atoms with Gasteiger partial charge in [-0.25, -0.2) is 4.98 Å². The fourth-order valence-corrected chi connectivity index (χ4v) is 1.91. The predicted octanol–water partition coefficient (Wildman–Crippen LogP) is -0.142. The summed E-state index contributed by atoms with van der Waals surface area (Å²) in [6, 6.07) is 3.65. The van der Waals surface area contributed by atoms with Crippen molar-refractivity contribution in [2.24, 2.45) is 0 Å². The molecule has 1 aliphatic heterocycles. The maximum absolute atomic E-state index is 5.71. The maximum Gasteiger partial charge on any atom is 0.152 e. The average Bonchev–Trinajstić information content (AvgIpc) is 2.79. The Morgan fingerprint density at radius 2 is 2.06 bits per heavy atom. The molecule has 3 heterocycles. The molecule has 1 aliphatic rings. The van der Waals surface area contributed by atoms with Crippen LogP contribution in [-0.2, 0) is 13.1 Å². The number of hydrogen-bond acceptors (Lipinski definition) is 6. The van der Waals surface area contributed by atoms with Gasteiger partial charge in [0.05, 0.1) is 12.2 Å². The predicted molar refractivity (Wildman–Crippen MR) is 64.1 cm³/mol. The quantitative estimate of drug-likeness (QED) is 0.708. The molecule has 0 saturated carbocycles. The Labute approximate surface area is 98.1 Å². The minimum absolute atomic E-state index is 0.370. The summed E-state index contributed by atoms with van der Waals surface area (Å²) in [4.78, 5) is 6.39. The minimum Gasteiger partial charge on any atom is -0.396 e. The lowest BCUT2D eigenvalue weighted by Crippen LogP contribution is -2.34. The summed E-state index contributed by atoms with van der Waals surface area (Å²) in [5.41, 5.74) is 11.9. The van der Waals surface area contributed by atoms with E-state index in [9.17, 15) is 0 Å². The van der Waals surface area contributed by atoms with Crippen LogP contribution >= 0.6 is 0 Å². The number of anilines is 3. The fraction of sp³-hybridized carbons (Fsp3) is 0.300. The third kappa shape index (κ3) is 1.65. The topological polar surface area (TPSA) is 98.9 Å². The number of rotatable bonds is 1. The molecule has 88 valence electrons. The van der Waals surface area contributed by atoms with E-state index in [1.54, 1.807) is 12.4 Å². The molecule has 0 aromatic carbocycles. The van der Waals surface area contributed by atoms with Gasteiger partial charge in [0.25, 0.3) is 0 Å². The molecule has 0 saturated heterocycles. The molecule has 2 aromatic heterocycles. The van der Waals surface area contributed by atoms with Crippen molar-refractivity contribution < 1.29 is 0 Å². The van der Waals surface area contributed by atoms with Gasteiger partial charge in [-0.15, -0.1) is 10.2 Å². The van der Waals surface area contributed by atoms with E-state index in [1.807, 2.05) is 10.6 Å². The summed E-state index contributed by atoms with van der Waals surface area (Å²) in [5, 5.41) is 7.94. The highest BCUT2D eigenvalue weighted by atomic mass is 15.3. The van der Waals surface area contributed by atoms with Crippen molar-refractivity contribution in [3.63, 3.8) is 0 Å². The number of nitrogens with zero attached hydrogens (tertiary/aromatic N) is 5. The van der Waals surface area contributed by atoms with Crippen LogP contribution < -0.4 is 16.4 Å². The van der Waals surface area contributed by atoms with Gasteiger partial charge in [-0.05, 0) is 12.1 Å². The molecular formula is C10H13N7. The molecule has 0 fully saturated rings. The van der Waals surface area contributed by atoms with Crippen molar-refractivity contribution in [3.05, 3.63) is 24.3 Å². The SMILES string of the molecule is Nc1ccc(N2CCn3cnnc3C2)nc1N. The first-order valence-corrected chi connectivity index (χ1v) is 5.37. The van der Waals surface area contributed by atoms with Gasteiger partial charge in [-0.2, -0.15) is 0 Å². The van der Waals surface area contributed by atoms with Crippen LogP contribution in [0.25, 0.3) is 0 Å². The summed E-state index contributed by atoms with van der Waals surface area (Å²) < 4.78 is 2.04. The Morgan fingerprint density at radius 3 is 2.88 bits per heavy atom. The molecule has 3 rings (SSSR count). The molecule has 7 heteroatoms. The molecule has 4 N–H and O–H groups in total. The van der Waals surface area contributed by atoms with Crippen LogP contribution in [0.15, 0.2) is 18.5 Å². The van der Waals surface area contributed by atoms with Crippen molar-refractivity contribution in [2.75, 3.05) is 22.9 Å². The van der Waals surface area contributed by atoms with E-state index in [0.717, 1.165) is 24.7 Å².